The van der Waals surface area contributed by atoms with Crippen molar-refractivity contribution in [2.75, 3.05) is 19.7 Å². The number of hydrogen-bond acceptors (Lipinski definition) is 2. The molecule has 0 fully saturated rings. The van der Waals surface area contributed by atoms with Gasteiger partial charge in [0.25, 0.3) is 0 Å². The van der Waals surface area contributed by atoms with Gasteiger partial charge in [0, 0.05) is 10.7 Å². The number of ether oxygens (including phenoxy) is 2. The van der Waals surface area contributed by atoms with Crippen LogP contribution in [0, 0.1) is 0 Å². The number of alkyl halides is 1. The van der Waals surface area contributed by atoms with Gasteiger partial charge >= 0.3 is 0 Å². The second kappa shape index (κ2) is 4.90. The van der Waals surface area contributed by atoms with Crippen LogP contribution in [0.2, 0.25) is 13.1 Å². The molecule has 0 saturated carbocycles. The molecule has 0 spiro atoms. The molecule has 1 aromatic rings. The molecule has 1 aromatic carbocycles. The highest BCUT2D eigenvalue weighted by Crippen LogP contribution is 2.22. The van der Waals surface area contributed by atoms with E-state index in [0.717, 1.165) is 16.7 Å². The maximum atomic E-state index is 6.04. The monoisotopic (exact) mass is 244 g/mol. The summed E-state index contributed by atoms with van der Waals surface area (Å²) in [5, 5.41) is 1.16. The van der Waals surface area contributed by atoms with Crippen LogP contribution >= 0.6 is 11.6 Å². The second-order valence-corrected chi connectivity index (χ2v) is 9.39. The van der Waals surface area contributed by atoms with E-state index < -0.39 is 8.07 Å². The van der Waals surface area contributed by atoms with Crippen LogP contribution in [-0.4, -0.2) is 27.8 Å². The van der Waals surface area contributed by atoms with Gasteiger partial charge in [-0.05, 0) is 12.1 Å². The molecule has 0 aliphatic rings. The molecule has 0 saturated heterocycles. The summed E-state index contributed by atoms with van der Waals surface area (Å²) in [5.74, 6) is 1.76. The molecule has 0 heterocycles. The predicted octanol–water partition coefficient (Wildman–Crippen LogP) is 2.40. The Bertz CT molecular complexity index is 317. The van der Waals surface area contributed by atoms with E-state index in [9.17, 15) is 0 Å². The van der Waals surface area contributed by atoms with Crippen LogP contribution in [0.15, 0.2) is 18.2 Å². The van der Waals surface area contributed by atoms with E-state index >= 15 is 0 Å². The van der Waals surface area contributed by atoms with Gasteiger partial charge in [0.05, 0.1) is 14.2 Å². The zero-order valence-corrected chi connectivity index (χ0v) is 11.4. The Morgan fingerprint density at radius 3 is 1.93 bits per heavy atom. The van der Waals surface area contributed by atoms with Crippen LogP contribution in [0.1, 0.15) is 0 Å². The predicted molar refractivity (Wildman–Crippen MR) is 67.4 cm³/mol. The number of methoxy groups -OCH3 is 2. The molecule has 0 aliphatic heterocycles. The fourth-order valence-electron chi connectivity index (χ4n) is 1.59. The van der Waals surface area contributed by atoms with Crippen LogP contribution < -0.4 is 14.7 Å². The summed E-state index contributed by atoms with van der Waals surface area (Å²) < 4.78 is 10.7. The van der Waals surface area contributed by atoms with Gasteiger partial charge in [0.2, 0.25) is 0 Å². The van der Waals surface area contributed by atoms with Crippen LogP contribution in [0.3, 0.4) is 0 Å². The first kappa shape index (κ1) is 12.4. The van der Waals surface area contributed by atoms with E-state index in [1.807, 2.05) is 18.2 Å². The maximum absolute atomic E-state index is 6.04. The van der Waals surface area contributed by atoms with E-state index in [-0.39, 0.29) is 0 Å². The third-order valence-corrected chi connectivity index (χ3v) is 6.96. The van der Waals surface area contributed by atoms with Crippen molar-refractivity contribution in [2.45, 2.75) is 13.1 Å². The first-order valence-electron chi connectivity index (χ1n) is 4.84. The third kappa shape index (κ3) is 2.47. The molecule has 1 rings (SSSR count). The van der Waals surface area contributed by atoms with Crippen LogP contribution in [0.4, 0.5) is 0 Å². The summed E-state index contributed by atoms with van der Waals surface area (Å²) in [7, 11) is 1.69. The number of halogens is 1. The number of hydrogen-bond donors (Lipinski definition) is 0. The van der Waals surface area contributed by atoms with Crippen LogP contribution in [0.25, 0.3) is 0 Å². The lowest BCUT2D eigenvalue weighted by atomic mass is 10.3. The fraction of sp³-hybridized carbons (Fsp3) is 0.455. The van der Waals surface area contributed by atoms with Crippen molar-refractivity contribution in [3.8, 4) is 11.5 Å². The summed E-state index contributed by atoms with van der Waals surface area (Å²) >= 11 is 6.04. The Morgan fingerprint density at radius 1 is 1.13 bits per heavy atom. The van der Waals surface area contributed by atoms with E-state index in [1.165, 1.54) is 0 Å². The van der Waals surface area contributed by atoms with Gasteiger partial charge in [-0.2, -0.15) is 0 Å². The number of benzene rings is 1. The van der Waals surface area contributed by atoms with E-state index in [0.29, 0.717) is 5.50 Å². The maximum Gasteiger partial charge on any atom is 0.121 e. The van der Waals surface area contributed by atoms with Crippen LogP contribution in [0.5, 0.6) is 11.5 Å². The quantitative estimate of drug-likeness (QED) is 0.598. The average molecular weight is 245 g/mol. The van der Waals surface area contributed by atoms with E-state index in [2.05, 4.69) is 13.1 Å². The Balaban J connectivity index is 3.34. The van der Waals surface area contributed by atoms with Crippen molar-refractivity contribution in [1.82, 2.24) is 0 Å². The van der Waals surface area contributed by atoms with Gasteiger partial charge in [-0.3, -0.25) is 0 Å². The molecule has 4 heteroatoms. The molecule has 2 nitrogen and oxygen atoms in total. The van der Waals surface area contributed by atoms with E-state index in [1.54, 1.807) is 14.2 Å². The highest BCUT2D eigenvalue weighted by Gasteiger charge is 2.29. The van der Waals surface area contributed by atoms with E-state index in [4.69, 9.17) is 21.1 Å². The average Bonchev–Trinajstić information content (AvgIpc) is 2.27. The van der Waals surface area contributed by atoms with Crippen LogP contribution in [-0.2, 0) is 0 Å². The normalized spacial score (nSPS) is 11.3. The summed E-state index contributed by atoms with van der Waals surface area (Å²) in [6.07, 6.45) is 0. The van der Waals surface area contributed by atoms with Gasteiger partial charge in [-0.1, -0.05) is 19.2 Å². The minimum atomic E-state index is -1.67. The molecule has 15 heavy (non-hydrogen) atoms. The van der Waals surface area contributed by atoms with Crippen molar-refractivity contribution in [3.05, 3.63) is 18.2 Å². The van der Waals surface area contributed by atoms with Crippen molar-refractivity contribution in [2.24, 2.45) is 0 Å². The zero-order valence-electron chi connectivity index (χ0n) is 9.63. The van der Waals surface area contributed by atoms with Gasteiger partial charge in [0.1, 0.15) is 19.6 Å². The largest absolute Gasteiger partial charge is 0.497 e. The minimum absolute atomic E-state index is 0.656. The molecule has 0 aromatic heterocycles. The van der Waals surface area contributed by atoms with Crippen molar-refractivity contribution in [1.29, 1.82) is 0 Å². The molecule has 0 bridgehead atoms. The van der Waals surface area contributed by atoms with Gasteiger partial charge < -0.3 is 9.47 Å². The molecule has 0 radical (unpaired) electrons. The smallest absolute Gasteiger partial charge is 0.121 e. The Morgan fingerprint density at radius 2 is 1.60 bits per heavy atom. The molecular formula is C11H17ClO2Si. The van der Waals surface area contributed by atoms with Crippen molar-refractivity contribution < 1.29 is 9.47 Å². The summed E-state index contributed by atoms with van der Waals surface area (Å²) in [6.45, 7) is 4.42. The SMILES string of the molecule is COc1cccc(OC)c1[Si](C)(C)CCl. The summed E-state index contributed by atoms with van der Waals surface area (Å²) in [4.78, 5) is 0. The lowest BCUT2D eigenvalue weighted by Gasteiger charge is -2.24. The van der Waals surface area contributed by atoms with Gasteiger partial charge in [-0.15, -0.1) is 11.6 Å². The first-order chi connectivity index (χ1) is 7.06. The first-order valence-corrected chi connectivity index (χ1v) is 8.58. The highest BCUT2D eigenvalue weighted by molar-refractivity contribution is 6.95. The molecule has 84 valence electrons. The van der Waals surface area contributed by atoms with Gasteiger partial charge in [0.15, 0.2) is 0 Å². The highest BCUT2D eigenvalue weighted by atomic mass is 35.5. The fourth-order valence-corrected chi connectivity index (χ4v) is 3.82. The van der Waals surface area contributed by atoms with Crippen molar-refractivity contribution >= 4 is 24.9 Å². The lowest BCUT2D eigenvalue weighted by molar-refractivity contribution is 0.400. The summed E-state index contributed by atoms with van der Waals surface area (Å²) in [6, 6.07) is 5.85. The Labute approximate surface area is 97.2 Å². The molecule has 0 N–H and O–H groups in total. The lowest BCUT2D eigenvalue weighted by Crippen LogP contribution is -2.45. The molecular weight excluding hydrogens is 228 g/mol. The third-order valence-electron chi connectivity index (χ3n) is 2.44. The molecule has 0 unspecified atom stereocenters. The standard InChI is InChI=1S/C11H17ClO2Si/c1-13-9-6-5-7-10(14-2)11(9)15(3,4)8-12/h5-7H,8H2,1-4H3. The molecule has 0 atom stereocenters. The number of rotatable bonds is 4. The Kier molecular flexibility index (Phi) is 4.05. The molecule has 0 aliphatic carbocycles. The second-order valence-electron chi connectivity index (χ2n) is 4.06. The summed E-state index contributed by atoms with van der Waals surface area (Å²) in [5.41, 5.74) is 0.656. The topological polar surface area (TPSA) is 18.5 Å². The minimum Gasteiger partial charge on any atom is -0.497 e. The Hall–Kier alpha value is -0.673. The zero-order chi connectivity index (χ0) is 11.5. The van der Waals surface area contributed by atoms with Crippen molar-refractivity contribution in [3.63, 3.8) is 0 Å². The van der Waals surface area contributed by atoms with Gasteiger partial charge in [-0.25, -0.2) is 0 Å². The molecule has 0 amide bonds.